The smallest absolute Gasteiger partial charge is 0.337 e. The zero-order valence-electron chi connectivity index (χ0n) is 12.9. The molecule has 2 aliphatic rings. The van der Waals surface area contributed by atoms with Crippen molar-refractivity contribution in [1.29, 1.82) is 0 Å². The van der Waals surface area contributed by atoms with Gasteiger partial charge in [-0.25, -0.2) is 4.79 Å². The molecule has 3 heteroatoms. The van der Waals surface area contributed by atoms with Crippen molar-refractivity contribution in [3.05, 3.63) is 34.9 Å². The van der Waals surface area contributed by atoms with Crippen LogP contribution in [0.5, 0.6) is 0 Å². The van der Waals surface area contributed by atoms with Crippen LogP contribution < -0.4 is 0 Å². The molecule has 0 heterocycles. The number of benzene rings is 1. The summed E-state index contributed by atoms with van der Waals surface area (Å²) in [6.45, 7) is 2.34. The van der Waals surface area contributed by atoms with Crippen molar-refractivity contribution in [2.24, 2.45) is 5.92 Å². The fourth-order valence-corrected chi connectivity index (χ4v) is 4.34. The summed E-state index contributed by atoms with van der Waals surface area (Å²) < 4.78 is 4.80. The summed E-state index contributed by atoms with van der Waals surface area (Å²) in [5.74, 6) is 0.311. The molecule has 3 rings (SSSR count). The molecule has 3 unspecified atom stereocenters. The molecule has 0 spiro atoms. The summed E-state index contributed by atoms with van der Waals surface area (Å²) in [5, 5.41) is 10.5. The van der Waals surface area contributed by atoms with Crippen LogP contribution in [0.25, 0.3) is 0 Å². The molecule has 1 saturated carbocycles. The molecule has 0 radical (unpaired) electrons. The lowest BCUT2D eigenvalue weighted by atomic mass is 9.63. The standard InChI is InChI=1S/C18H24O3/c1-18-10-4-3-5-13(18)7-9-16(19)14-11-12(17(20)21-2)6-8-15(14)18/h6,8,11,13,16,19H,3-5,7,9-10H2,1-2H3. The highest BCUT2D eigenvalue weighted by Crippen LogP contribution is 2.50. The van der Waals surface area contributed by atoms with E-state index >= 15 is 0 Å². The summed E-state index contributed by atoms with van der Waals surface area (Å²) in [6.07, 6.45) is 6.37. The van der Waals surface area contributed by atoms with Crippen LogP contribution in [-0.4, -0.2) is 18.2 Å². The minimum atomic E-state index is -0.466. The van der Waals surface area contributed by atoms with Crippen molar-refractivity contribution in [3.8, 4) is 0 Å². The Morgan fingerprint density at radius 2 is 2.10 bits per heavy atom. The van der Waals surface area contributed by atoms with Crippen LogP contribution in [0.3, 0.4) is 0 Å². The lowest BCUT2D eigenvalue weighted by Crippen LogP contribution is -2.35. The Hall–Kier alpha value is -1.35. The lowest BCUT2D eigenvalue weighted by Gasteiger charge is -2.42. The van der Waals surface area contributed by atoms with Crippen LogP contribution in [0.1, 0.15) is 73.0 Å². The maximum atomic E-state index is 11.8. The number of methoxy groups -OCH3 is 1. The highest BCUT2D eigenvalue weighted by molar-refractivity contribution is 5.89. The molecule has 2 aliphatic carbocycles. The first-order chi connectivity index (χ1) is 10.1. The number of carbonyl (C=O) groups is 1. The van der Waals surface area contributed by atoms with Crippen LogP contribution in [0.4, 0.5) is 0 Å². The van der Waals surface area contributed by atoms with Gasteiger partial charge in [0.15, 0.2) is 0 Å². The minimum Gasteiger partial charge on any atom is -0.465 e. The van der Waals surface area contributed by atoms with E-state index in [1.165, 1.54) is 38.4 Å². The van der Waals surface area contributed by atoms with Crippen LogP contribution in [0, 0.1) is 5.92 Å². The fraction of sp³-hybridized carbons (Fsp3) is 0.611. The number of aliphatic hydroxyl groups is 1. The summed E-state index contributed by atoms with van der Waals surface area (Å²) in [4.78, 5) is 11.8. The Bertz CT molecular complexity index is 551. The highest BCUT2D eigenvalue weighted by Gasteiger charge is 2.42. The van der Waals surface area contributed by atoms with Crippen LogP contribution in [0.2, 0.25) is 0 Å². The Morgan fingerprint density at radius 1 is 1.29 bits per heavy atom. The molecule has 0 aliphatic heterocycles. The van der Waals surface area contributed by atoms with Gasteiger partial charge in [0, 0.05) is 0 Å². The van der Waals surface area contributed by atoms with E-state index in [0.717, 1.165) is 18.4 Å². The van der Waals surface area contributed by atoms with Crippen molar-refractivity contribution < 1.29 is 14.6 Å². The predicted molar refractivity (Wildman–Crippen MR) is 81.3 cm³/mol. The number of carbonyl (C=O) groups excluding carboxylic acids is 1. The van der Waals surface area contributed by atoms with E-state index < -0.39 is 6.10 Å². The molecule has 0 saturated heterocycles. The molecule has 1 aromatic rings. The number of rotatable bonds is 1. The van der Waals surface area contributed by atoms with Gasteiger partial charge >= 0.3 is 5.97 Å². The van der Waals surface area contributed by atoms with Crippen LogP contribution >= 0.6 is 0 Å². The minimum absolute atomic E-state index is 0.139. The summed E-state index contributed by atoms with van der Waals surface area (Å²) in [7, 11) is 1.39. The van der Waals surface area contributed by atoms with Crippen molar-refractivity contribution in [1.82, 2.24) is 0 Å². The van der Waals surface area contributed by atoms with E-state index in [1.54, 1.807) is 0 Å². The zero-order valence-corrected chi connectivity index (χ0v) is 12.9. The van der Waals surface area contributed by atoms with Crippen LogP contribution in [0.15, 0.2) is 18.2 Å². The third-order valence-corrected chi connectivity index (χ3v) is 5.64. The largest absolute Gasteiger partial charge is 0.465 e. The first-order valence-electron chi connectivity index (χ1n) is 7.97. The molecule has 3 atom stereocenters. The van der Waals surface area contributed by atoms with E-state index in [2.05, 4.69) is 13.0 Å². The topological polar surface area (TPSA) is 46.5 Å². The predicted octanol–water partition coefficient (Wildman–Crippen LogP) is 3.75. The number of hydrogen-bond donors (Lipinski definition) is 1. The number of hydrogen-bond acceptors (Lipinski definition) is 3. The second kappa shape index (κ2) is 5.45. The Morgan fingerprint density at radius 3 is 2.86 bits per heavy atom. The molecule has 1 fully saturated rings. The van der Waals surface area contributed by atoms with Crippen molar-refractivity contribution >= 4 is 5.97 Å². The summed E-state index contributed by atoms with van der Waals surface area (Å²) in [6, 6.07) is 5.74. The normalized spacial score (nSPS) is 31.8. The van der Waals surface area contributed by atoms with Gasteiger partial charge in [-0.1, -0.05) is 25.8 Å². The number of aliphatic hydroxyl groups excluding tert-OH is 1. The van der Waals surface area contributed by atoms with E-state index in [9.17, 15) is 9.90 Å². The molecular weight excluding hydrogens is 264 g/mol. The van der Waals surface area contributed by atoms with Gasteiger partial charge in [0.25, 0.3) is 0 Å². The highest BCUT2D eigenvalue weighted by atomic mass is 16.5. The quantitative estimate of drug-likeness (QED) is 0.801. The monoisotopic (exact) mass is 288 g/mol. The van der Waals surface area contributed by atoms with Crippen molar-refractivity contribution in [3.63, 3.8) is 0 Å². The van der Waals surface area contributed by atoms with Crippen LogP contribution in [-0.2, 0) is 10.2 Å². The number of fused-ring (bicyclic) bond motifs is 3. The first-order valence-corrected chi connectivity index (χ1v) is 7.97. The number of esters is 1. The van der Waals surface area contributed by atoms with E-state index in [-0.39, 0.29) is 11.4 Å². The van der Waals surface area contributed by atoms with E-state index in [0.29, 0.717) is 11.5 Å². The summed E-state index contributed by atoms with van der Waals surface area (Å²) in [5.41, 5.74) is 2.85. The second-order valence-electron chi connectivity index (χ2n) is 6.75. The molecule has 0 aromatic heterocycles. The molecule has 0 amide bonds. The second-order valence-corrected chi connectivity index (χ2v) is 6.75. The Balaban J connectivity index is 2.10. The molecule has 114 valence electrons. The molecule has 1 N–H and O–H groups in total. The van der Waals surface area contributed by atoms with Crippen molar-refractivity contribution in [2.75, 3.05) is 7.11 Å². The van der Waals surface area contributed by atoms with Gasteiger partial charge < -0.3 is 9.84 Å². The molecule has 3 nitrogen and oxygen atoms in total. The average Bonchev–Trinajstić information content (AvgIpc) is 2.62. The van der Waals surface area contributed by atoms with Gasteiger partial charge in [-0.15, -0.1) is 0 Å². The average molecular weight is 288 g/mol. The molecule has 1 aromatic carbocycles. The zero-order chi connectivity index (χ0) is 15.0. The maximum Gasteiger partial charge on any atom is 0.337 e. The fourth-order valence-electron chi connectivity index (χ4n) is 4.34. The van der Waals surface area contributed by atoms with Gasteiger partial charge in [-0.2, -0.15) is 0 Å². The SMILES string of the molecule is COC(=O)c1ccc2c(c1)C(O)CCC1CCCCC21C. The summed E-state index contributed by atoms with van der Waals surface area (Å²) >= 11 is 0. The van der Waals surface area contributed by atoms with Crippen molar-refractivity contribution in [2.45, 2.75) is 57.0 Å². The van der Waals surface area contributed by atoms with Gasteiger partial charge in [-0.3, -0.25) is 0 Å². The van der Waals surface area contributed by atoms with Gasteiger partial charge in [0.05, 0.1) is 18.8 Å². The number of ether oxygens (including phenoxy) is 1. The first kappa shape index (κ1) is 14.6. The third-order valence-electron chi connectivity index (χ3n) is 5.64. The van der Waals surface area contributed by atoms with Gasteiger partial charge in [0.1, 0.15) is 0 Å². The Labute approximate surface area is 126 Å². The molecule has 21 heavy (non-hydrogen) atoms. The van der Waals surface area contributed by atoms with Gasteiger partial charge in [0.2, 0.25) is 0 Å². The lowest BCUT2D eigenvalue weighted by molar-refractivity contribution is 0.0600. The molecule has 0 bridgehead atoms. The molecular formula is C18H24O3. The maximum absolute atomic E-state index is 11.8. The van der Waals surface area contributed by atoms with E-state index in [4.69, 9.17) is 4.74 Å². The third kappa shape index (κ3) is 2.38. The van der Waals surface area contributed by atoms with Gasteiger partial charge in [-0.05, 0) is 60.3 Å². The Kier molecular flexibility index (Phi) is 3.78. The van der Waals surface area contributed by atoms with E-state index in [1.807, 2.05) is 12.1 Å².